The molecule has 0 amide bonds. The minimum Gasteiger partial charge on any atom is -0.462 e. The van der Waals surface area contributed by atoms with Gasteiger partial charge in [0.1, 0.15) is 6.61 Å². The van der Waals surface area contributed by atoms with Crippen molar-refractivity contribution in [3.63, 3.8) is 0 Å². The van der Waals surface area contributed by atoms with Crippen molar-refractivity contribution in [3.05, 3.63) is 60.8 Å². The SMILES string of the molecule is CC/C=C\C/C=C\C/C=C\C/C=C\CCCCCCC(=O)OC(COC(=O)CCCCCCC/C=C\CCCC)COP(=O)(O)OC. The Morgan fingerprint density at radius 1 is 0.617 bits per heavy atom. The van der Waals surface area contributed by atoms with Gasteiger partial charge >= 0.3 is 19.8 Å². The summed E-state index contributed by atoms with van der Waals surface area (Å²) >= 11 is 0. The van der Waals surface area contributed by atoms with Crippen LogP contribution < -0.4 is 0 Å². The van der Waals surface area contributed by atoms with Crippen molar-refractivity contribution in [2.24, 2.45) is 0 Å². The molecule has 0 rings (SSSR count). The van der Waals surface area contributed by atoms with Crippen LogP contribution in [0.3, 0.4) is 0 Å². The van der Waals surface area contributed by atoms with Gasteiger partial charge in [-0.15, -0.1) is 0 Å². The molecule has 47 heavy (non-hydrogen) atoms. The van der Waals surface area contributed by atoms with Crippen LogP contribution in [0.15, 0.2) is 60.8 Å². The van der Waals surface area contributed by atoms with Gasteiger partial charge in [-0.3, -0.25) is 18.6 Å². The van der Waals surface area contributed by atoms with E-state index in [-0.39, 0.29) is 19.4 Å². The van der Waals surface area contributed by atoms with Crippen LogP contribution >= 0.6 is 7.82 Å². The number of rotatable bonds is 32. The van der Waals surface area contributed by atoms with E-state index in [1.54, 1.807) is 0 Å². The van der Waals surface area contributed by atoms with Gasteiger partial charge in [-0.2, -0.15) is 0 Å². The van der Waals surface area contributed by atoms with E-state index in [0.29, 0.717) is 6.42 Å². The largest absolute Gasteiger partial charge is 0.472 e. The molecule has 2 unspecified atom stereocenters. The van der Waals surface area contributed by atoms with Crippen LogP contribution in [0.1, 0.15) is 142 Å². The third-order valence-corrected chi connectivity index (χ3v) is 8.18. The molecule has 0 aromatic heterocycles. The molecule has 0 saturated heterocycles. The molecule has 0 spiro atoms. The maximum absolute atomic E-state index is 12.4. The number of phosphoric ester groups is 1. The lowest BCUT2D eigenvalue weighted by molar-refractivity contribution is -0.161. The predicted octanol–water partition coefficient (Wildman–Crippen LogP) is 10.8. The summed E-state index contributed by atoms with van der Waals surface area (Å²) in [6.07, 6.45) is 39.9. The first kappa shape index (κ1) is 44.8. The fourth-order valence-electron chi connectivity index (χ4n) is 4.45. The number of allylic oxidation sites excluding steroid dienone is 10. The van der Waals surface area contributed by atoms with Crippen LogP contribution in [-0.2, 0) is 32.7 Å². The van der Waals surface area contributed by atoms with E-state index >= 15 is 0 Å². The van der Waals surface area contributed by atoms with Gasteiger partial charge in [-0.1, -0.05) is 120 Å². The van der Waals surface area contributed by atoms with Gasteiger partial charge in [-0.05, 0) is 70.6 Å². The van der Waals surface area contributed by atoms with E-state index in [4.69, 9.17) is 14.0 Å². The maximum atomic E-state index is 12.4. The highest BCUT2D eigenvalue weighted by Gasteiger charge is 2.24. The van der Waals surface area contributed by atoms with Crippen molar-refractivity contribution < 1.29 is 37.6 Å². The highest BCUT2D eigenvalue weighted by atomic mass is 31.2. The van der Waals surface area contributed by atoms with Crippen LogP contribution in [0.5, 0.6) is 0 Å². The van der Waals surface area contributed by atoms with E-state index in [2.05, 4.69) is 79.1 Å². The molecular formula is C38H65O8P. The number of phosphoric acid groups is 1. The molecular weight excluding hydrogens is 615 g/mol. The van der Waals surface area contributed by atoms with Gasteiger partial charge in [0.25, 0.3) is 0 Å². The molecule has 0 bridgehead atoms. The fraction of sp³-hybridized carbons (Fsp3) is 0.684. The molecule has 0 aliphatic carbocycles. The zero-order chi connectivity index (χ0) is 34.7. The molecule has 2 atom stereocenters. The van der Waals surface area contributed by atoms with E-state index in [9.17, 15) is 19.0 Å². The first-order valence-electron chi connectivity index (χ1n) is 18.0. The monoisotopic (exact) mass is 680 g/mol. The fourth-order valence-corrected chi connectivity index (χ4v) is 4.91. The van der Waals surface area contributed by atoms with Gasteiger partial charge < -0.3 is 14.4 Å². The van der Waals surface area contributed by atoms with Crippen molar-refractivity contribution in [3.8, 4) is 0 Å². The second kappa shape index (κ2) is 33.6. The summed E-state index contributed by atoms with van der Waals surface area (Å²) < 4.78 is 31.8. The summed E-state index contributed by atoms with van der Waals surface area (Å²) in [4.78, 5) is 34.2. The zero-order valence-electron chi connectivity index (χ0n) is 29.7. The van der Waals surface area contributed by atoms with Crippen LogP contribution in [0, 0.1) is 0 Å². The van der Waals surface area contributed by atoms with Crippen LogP contribution in [0.25, 0.3) is 0 Å². The Balaban J connectivity index is 4.16. The topological polar surface area (TPSA) is 108 Å². The average molecular weight is 681 g/mol. The molecule has 0 heterocycles. The van der Waals surface area contributed by atoms with Gasteiger partial charge in [0.2, 0.25) is 0 Å². The maximum Gasteiger partial charge on any atom is 0.472 e. The Hall–Kier alpha value is -2.25. The number of unbranched alkanes of at least 4 members (excludes halogenated alkanes) is 11. The second-order valence-electron chi connectivity index (χ2n) is 11.6. The molecule has 0 aromatic rings. The molecule has 0 aromatic carbocycles. The normalized spacial score (nSPS) is 14.2. The molecule has 0 aliphatic rings. The Morgan fingerprint density at radius 3 is 1.64 bits per heavy atom. The first-order chi connectivity index (χ1) is 22.8. The lowest BCUT2D eigenvalue weighted by atomic mass is 10.1. The van der Waals surface area contributed by atoms with Crippen LogP contribution in [0.2, 0.25) is 0 Å². The molecule has 0 aliphatic heterocycles. The highest BCUT2D eigenvalue weighted by Crippen LogP contribution is 2.42. The number of esters is 2. The van der Waals surface area contributed by atoms with Gasteiger partial charge in [0.15, 0.2) is 6.10 Å². The summed E-state index contributed by atoms with van der Waals surface area (Å²) in [5.41, 5.74) is 0. The summed E-state index contributed by atoms with van der Waals surface area (Å²) in [5.74, 6) is -0.851. The van der Waals surface area contributed by atoms with Gasteiger partial charge in [0.05, 0.1) is 6.61 Å². The van der Waals surface area contributed by atoms with Gasteiger partial charge in [-0.25, -0.2) is 4.57 Å². The number of carbonyl (C=O) groups is 2. The zero-order valence-corrected chi connectivity index (χ0v) is 30.6. The minimum atomic E-state index is -4.26. The molecule has 9 heteroatoms. The van der Waals surface area contributed by atoms with Gasteiger partial charge in [0, 0.05) is 20.0 Å². The summed E-state index contributed by atoms with van der Waals surface area (Å²) in [7, 11) is -3.22. The number of hydrogen-bond acceptors (Lipinski definition) is 7. The molecule has 0 radical (unpaired) electrons. The molecule has 0 saturated carbocycles. The van der Waals surface area contributed by atoms with Crippen LogP contribution in [0.4, 0.5) is 0 Å². The lowest BCUT2D eigenvalue weighted by Gasteiger charge is -2.19. The van der Waals surface area contributed by atoms with E-state index in [0.717, 1.165) is 103 Å². The van der Waals surface area contributed by atoms with E-state index in [1.165, 1.54) is 12.8 Å². The third kappa shape index (κ3) is 33.4. The number of ether oxygens (including phenoxy) is 2. The smallest absolute Gasteiger partial charge is 0.462 e. The molecule has 270 valence electrons. The predicted molar refractivity (Wildman–Crippen MR) is 193 cm³/mol. The first-order valence-corrected chi connectivity index (χ1v) is 19.5. The Bertz CT molecular complexity index is 953. The summed E-state index contributed by atoms with van der Waals surface area (Å²) in [6, 6.07) is 0. The second-order valence-corrected chi connectivity index (χ2v) is 13.2. The average Bonchev–Trinajstić information content (AvgIpc) is 3.06. The minimum absolute atomic E-state index is 0.212. The Morgan fingerprint density at radius 2 is 1.09 bits per heavy atom. The van der Waals surface area contributed by atoms with Crippen molar-refractivity contribution in [2.45, 2.75) is 148 Å². The standard InChI is InChI=1S/C38H65O8P/c1-4-6-8-10-12-14-16-17-18-19-20-21-23-25-27-29-31-33-38(40)46-36(35-45-47(41,42)43-3)34-44-37(39)32-30-28-26-24-22-15-13-11-9-7-5-2/h6,8,11-14,17-18,20-21,36H,4-5,7,9-10,15-16,19,22-35H2,1-3H3,(H,41,42)/b8-6-,13-11-,14-12-,18-17-,21-20-. The van der Waals surface area contributed by atoms with Crippen LogP contribution in [-0.4, -0.2) is 43.3 Å². The lowest BCUT2D eigenvalue weighted by Crippen LogP contribution is -2.29. The van der Waals surface area contributed by atoms with Crippen molar-refractivity contribution in [1.82, 2.24) is 0 Å². The quantitative estimate of drug-likeness (QED) is 0.0324. The van der Waals surface area contributed by atoms with Crippen molar-refractivity contribution in [2.75, 3.05) is 20.3 Å². The third-order valence-electron chi connectivity index (χ3n) is 7.25. The summed E-state index contributed by atoms with van der Waals surface area (Å²) in [6.45, 7) is 3.68. The Kier molecular flexibility index (Phi) is 32.0. The number of carbonyl (C=O) groups excluding carboxylic acids is 2. The molecule has 0 fully saturated rings. The van der Waals surface area contributed by atoms with E-state index in [1.807, 2.05) is 0 Å². The summed E-state index contributed by atoms with van der Waals surface area (Å²) in [5, 5.41) is 0. The van der Waals surface area contributed by atoms with Crippen molar-refractivity contribution in [1.29, 1.82) is 0 Å². The molecule has 8 nitrogen and oxygen atoms in total. The number of hydrogen-bond donors (Lipinski definition) is 1. The Labute approximate surface area is 286 Å². The highest BCUT2D eigenvalue weighted by molar-refractivity contribution is 7.47. The molecule has 1 N–H and O–H groups in total. The van der Waals surface area contributed by atoms with Crippen molar-refractivity contribution >= 4 is 19.8 Å². The van der Waals surface area contributed by atoms with E-state index < -0.39 is 32.5 Å².